The van der Waals surface area contributed by atoms with Gasteiger partial charge < -0.3 is 29.0 Å². The van der Waals surface area contributed by atoms with Gasteiger partial charge in [-0.1, -0.05) is 0 Å². The number of ether oxygens (including phenoxy) is 5. The minimum Gasteiger partial charge on any atom is -0.459 e. The highest BCUT2D eigenvalue weighted by Crippen LogP contribution is 2.27. The summed E-state index contributed by atoms with van der Waals surface area (Å²) in [6.45, 7) is 22.0. The fourth-order valence-electron chi connectivity index (χ4n) is 7.31. The lowest BCUT2D eigenvalue weighted by Gasteiger charge is -2.37. The molecule has 2 amide bonds. The van der Waals surface area contributed by atoms with Crippen LogP contribution in [-0.4, -0.2) is 182 Å². The fourth-order valence-corrected chi connectivity index (χ4v) is 8.38. The maximum absolute atomic E-state index is 14.1. The monoisotopic (exact) mass is 1100 g/mol. The molecule has 1 heterocycles. The van der Waals surface area contributed by atoms with E-state index in [0.717, 1.165) is 0 Å². The van der Waals surface area contributed by atoms with Crippen LogP contribution in [0.15, 0.2) is 6.07 Å². The standard InChI is InChI=1S/C50H80F4N6O14S/c1-47(2,3)71-40(64)31-57-21-23-58(32-41(65)72-48(4,5)6)25-27-60(28-26-59(24-22-57)33-42(66)73-49(7,8)9)36(46(67)74-50(10,11)12)18-19-38(62)56-75(68,69)29-15-20-55-37(61)16-13-14-17-39(63)70-45-43(53)34(51)30-35(52)44(45)54/h30,36H,13-29,31-33H2,1-12H3,(H,55,61)(H,56,62). The number of sulfonamides is 1. The molecule has 20 nitrogen and oxygen atoms in total. The van der Waals surface area contributed by atoms with Gasteiger partial charge in [-0.25, -0.2) is 17.2 Å². The van der Waals surface area contributed by atoms with E-state index in [1.54, 1.807) is 88.0 Å². The molecule has 75 heavy (non-hydrogen) atoms. The number of halogens is 4. The summed E-state index contributed by atoms with van der Waals surface area (Å²) in [4.78, 5) is 98.7. The summed E-state index contributed by atoms with van der Waals surface area (Å²) in [7, 11) is -4.25. The highest BCUT2D eigenvalue weighted by atomic mass is 32.2. The van der Waals surface area contributed by atoms with Crippen LogP contribution >= 0.6 is 0 Å². The summed E-state index contributed by atoms with van der Waals surface area (Å²) in [6.07, 6.45) is -1.27. The molecule has 0 saturated carbocycles. The van der Waals surface area contributed by atoms with Crippen molar-refractivity contribution in [3.8, 4) is 5.75 Å². The normalized spacial score (nSPS) is 15.9. The van der Waals surface area contributed by atoms with Crippen LogP contribution < -0.4 is 14.8 Å². The van der Waals surface area contributed by atoms with Crippen LogP contribution in [0.1, 0.15) is 128 Å². The van der Waals surface area contributed by atoms with Crippen LogP contribution in [0.5, 0.6) is 5.75 Å². The van der Waals surface area contributed by atoms with Gasteiger partial charge in [0.25, 0.3) is 0 Å². The van der Waals surface area contributed by atoms with E-state index < -0.39 is 128 Å². The second kappa shape index (κ2) is 29.5. The molecule has 1 atom stereocenters. The van der Waals surface area contributed by atoms with E-state index in [4.69, 9.17) is 18.9 Å². The summed E-state index contributed by atoms with van der Waals surface area (Å²) in [5.41, 5.74) is -3.30. The van der Waals surface area contributed by atoms with Crippen LogP contribution in [0.4, 0.5) is 17.6 Å². The smallest absolute Gasteiger partial charge is 0.323 e. The molecular weight excluding hydrogens is 1020 g/mol. The zero-order valence-corrected chi connectivity index (χ0v) is 46.5. The summed E-state index contributed by atoms with van der Waals surface area (Å²) in [5, 5.41) is 2.51. The van der Waals surface area contributed by atoms with Gasteiger partial charge >= 0.3 is 29.8 Å². The Labute approximate surface area is 439 Å². The summed E-state index contributed by atoms with van der Waals surface area (Å²) >= 11 is 0. The lowest BCUT2D eigenvalue weighted by atomic mass is 10.1. The van der Waals surface area contributed by atoms with E-state index in [1.807, 2.05) is 19.4 Å². The zero-order valence-electron chi connectivity index (χ0n) is 45.7. The van der Waals surface area contributed by atoms with Crippen molar-refractivity contribution in [2.24, 2.45) is 0 Å². The molecule has 0 radical (unpaired) electrons. The van der Waals surface area contributed by atoms with Crippen molar-refractivity contribution >= 4 is 51.7 Å². The summed E-state index contributed by atoms with van der Waals surface area (Å²) in [6, 6.07) is -1.16. The van der Waals surface area contributed by atoms with E-state index in [1.165, 1.54) is 0 Å². The maximum atomic E-state index is 14.1. The molecule has 25 heteroatoms. The number of hydrogen-bond acceptors (Lipinski definition) is 18. The van der Waals surface area contributed by atoms with Crippen LogP contribution in [0, 0.1) is 23.3 Å². The highest BCUT2D eigenvalue weighted by Gasteiger charge is 2.34. The topological polar surface area (TPSA) is 237 Å². The molecule has 2 rings (SSSR count). The van der Waals surface area contributed by atoms with Crippen LogP contribution in [0.2, 0.25) is 0 Å². The number of carbonyl (C=O) groups is 7. The molecule has 0 spiro atoms. The van der Waals surface area contributed by atoms with E-state index in [2.05, 4.69) is 10.1 Å². The Morgan fingerprint density at radius 2 is 0.947 bits per heavy atom. The number of nitrogens with zero attached hydrogens (tertiary/aromatic N) is 4. The largest absolute Gasteiger partial charge is 0.459 e. The molecule has 1 unspecified atom stereocenters. The minimum absolute atomic E-state index is 0.00306. The maximum Gasteiger partial charge on any atom is 0.323 e. The van der Waals surface area contributed by atoms with Gasteiger partial charge in [-0.15, -0.1) is 0 Å². The van der Waals surface area contributed by atoms with Crippen molar-refractivity contribution in [3.63, 3.8) is 0 Å². The van der Waals surface area contributed by atoms with Crippen molar-refractivity contribution in [2.45, 2.75) is 156 Å². The molecule has 1 saturated heterocycles. The van der Waals surface area contributed by atoms with Crippen molar-refractivity contribution in [2.75, 3.05) is 84.3 Å². The molecule has 0 aliphatic carbocycles. The first-order valence-corrected chi connectivity index (χ1v) is 26.7. The van der Waals surface area contributed by atoms with E-state index in [0.29, 0.717) is 13.1 Å². The molecule has 1 aromatic carbocycles. The van der Waals surface area contributed by atoms with E-state index in [-0.39, 0.29) is 104 Å². The van der Waals surface area contributed by atoms with Crippen LogP contribution in [0.3, 0.4) is 0 Å². The third-order valence-electron chi connectivity index (χ3n) is 10.5. The quantitative estimate of drug-likeness (QED) is 0.0409. The van der Waals surface area contributed by atoms with Crippen molar-refractivity contribution in [3.05, 3.63) is 29.3 Å². The Morgan fingerprint density at radius 1 is 0.547 bits per heavy atom. The number of amides is 2. The fraction of sp³-hybridized carbons (Fsp3) is 0.740. The molecule has 0 bridgehead atoms. The molecule has 1 aliphatic rings. The van der Waals surface area contributed by atoms with Crippen molar-refractivity contribution in [1.29, 1.82) is 0 Å². The first-order chi connectivity index (χ1) is 34.4. The van der Waals surface area contributed by atoms with Gasteiger partial charge in [0.15, 0.2) is 11.6 Å². The number of carbonyl (C=O) groups excluding carboxylic acids is 7. The number of unbranched alkanes of at least 4 members (excludes halogenated alkanes) is 1. The van der Waals surface area contributed by atoms with Crippen LogP contribution in [-0.2, 0) is 62.5 Å². The second-order valence-corrected chi connectivity index (χ2v) is 24.1. The Balaban J connectivity index is 2.21. The Bertz CT molecular complexity index is 2160. The van der Waals surface area contributed by atoms with Crippen molar-refractivity contribution < 1.29 is 83.2 Å². The molecule has 1 aromatic rings. The van der Waals surface area contributed by atoms with Crippen LogP contribution in [0.25, 0.3) is 0 Å². The summed E-state index contributed by atoms with van der Waals surface area (Å²) in [5.74, 6) is -14.2. The van der Waals surface area contributed by atoms with Gasteiger partial charge in [-0.05, 0) is 109 Å². The SMILES string of the molecule is CC(C)(C)OC(=O)CN1CCN(CC(=O)OC(C)(C)C)CCN(C(CCC(=O)NS(=O)(=O)CCCNC(=O)CCCCC(=O)Oc2c(F)c(F)cc(F)c2F)C(=O)OC(C)(C)C)CCN(CC(=O)OC(C)(C)C)CC1. The first-order valence-electron chi connectivity index (χ1n) is 25.0. The number of hydrogen-bond donors (Lipinski definition) is 2. The van der Waals surface area contributed by atoms with Gasteiger partial charge in [0, 0.05) is 84.2 Å². The van der Waals surface area contributed by atoms with Gasteiger partial charge in [-0.2, -0.15) is 8.78 Å². The number of nitrogens with one attached hydrogen (secondary N) is 2. The van der Waals surface area contributed by atoms with Gasteiger partial charge in [0.05, 0.1) is 25.4 Å². The Kier molecular flexibility index (Phi) is 26.0. The average molecular weight is 1100 g/mol. The highest BCUT2D eigenvalue weighted by molar-refractivity contribution is 7.90. The van der Waals surface area contributed by atoms with Gasteiger partial charge in [-0.3, -0.25) is 57.9 Å². The molecule has 1 fully saturated rings. The predicted molar refractivity (Wildman–Crippen MR) is 267 cm³/mol. The third-order valence-corrected chi connectivity index (χ3v) is 11.8. The molecule has 1 aliphatic heterocycles. The molecule has 0 aromatic heterocycles. The van der Waals surface area contributed by atoms with E-state index >= 15 is 0 Å². The lowest BCUT2D eigenvalue weighted by Crippen LogP contribution is -2.53. The van der Waals surface area contributed by atoms with Gasteiger partial charge in [0.1, 0.15) is 28.4 Å². The second-order valence-electron chi connectivity index (χ2n) is 22.2. The molecule has 2 N–H and O–H groups in total. The number of benzene rings is 1. The predicted octanol–water partition coefficient (Wildman–Crippen LogP) is 4.40. The summed E-state index contributed by atoms with van der Waals surface area (Å²) < 4.78 is 110. The Morgan fingerprint density at radius 3 is 1.36 bits per heavy atom. The Hall–Kier alpha value is -4.98. The number of esters is 5. The molecular formula is C50H80F4N6O14S. The lowest BCUT2D eigenvalue weighted by molar-refractivity contribution is -0.163. The first kappa shape index (κ1) is 66.1. The third kappa shape index (κ3) is 28.7. The van der Waals surface area contributed by atoms with Crippen molar-refractivity contribution in [1.82, 2.24) is 29.6 Å². The zero-order chi connectivity index (χ0) is 57.1. The van der Waals surface area contributed by atoms with E-state index in [9.17, 15) is 59.5 Å². The van der Waals surface area contributed by atoms with Gasteiger partial charge in [0.2, 0.25) is 39.2 Å². The molecule has 428 valence electrons. The average Bonchev–Trinajstić information content (AvgIpc) is 3.22. The minimum atomic E-state index is -4.25. The number of rotatable bonds is 22.